The first kappa shape index (κ1) is 20.3. The van der Waals surface area contributed by atoms with Gasteiger partial charge in [0.1, 0.15) is 5.75 Å². The first-order valence-electron chi connectivity index (χ1n) is 9.01. The van der Waals surface area contributed by atoms with Gasteiger partial charge in [0.2, 0.25) is 0 Å². The molecule has 0 spiro atoms. The first-order valence-corrected chi connectivity index (χ1v) is 9.01. The Hall–Kier alpha value is -1.02. The highest BCUT2D eigenvalue weighted by molar-refractivity contribution is 14.0. The summed E-state index contributed by atoms with van der Waals surface area (Å²) in [5.74, 6) is 1.57. The molecule has 1 saturated carbocycles. The summed E-state index contributed by atoms with van der Waals surface area (Å²) < 4.78 is 10.7. The number of nitrogens with two attached hydrogens (primary N) is 1. The molecule has 0 bridgehead atoms. The Morgan fingerprint density at radius 3 is 2.40 bits per heavy atom. The Kier molecular flexibility index (Phi) is 7.81. The van der Waals surface area contributed by atoms with Gasteiger partial charge < -0.3 is 20.1 Å². The van der Waals surface area contributed by atoms with E-state index < -0.39 is 0 Å². The van der Waals surface area contributed by atoms with E-state index in [4.69, 9.17) is 20.2 Å². The van der Waals surface area contributed by atoms with Crippen LogP contribution in [0.5, 0.6) is 5.75 Å². The second kappa shape index (κ2) is 9.62. The SMILES string of the molecule is COc1ccc(C2(CN=C(N)N3CCOCC3)CCCCC2)cc1.I. The summed E-state index contributed by atoms with van der Waals surface area (Å²) >= 11 is 0. The number of hydrogen-bond acceptors (Lipinski definition) is 3. The van der Waals surface area contributed by atoms with Gasteiger partial charge in [0.05, 0.1) is 26.9 Å². The van der Waals surface area contributed by atoms with Gasteiger partial charge in [0, 0.05) is 18.5 Å². The molecule has 2 aliphatic rings. The Labute approximate surface area is 168 Å². The third-order valence-corrected chi connectivity index (χ3v) is 5.39. The fraction of sp³-hybridized carbons (Fsp3) is 0.632. The fourth-order valence-electron chi connectivity index (χ4n) is 3.84. The van der Waals surface area contributed by atoms with Crippen LogP contribution in [-0.2, 0) is 10.2 Å². The average Bonchev–Trinajstić information content (AvgIpc) is 2.67. The monoisotopic (exact) mass is 459 g/mol. The quantitative estimate of drug-likeness (QED) is 0.427. The lowest BCUT2D eigenvalue weighted by atomic mass is 9.69. The summed E-state index contributed by atoms with van der Waals surface area (Å²) in [7, 11) is 1.71. The topological polar surface area (TPSA) is 60.1 Å². The van der Waals surface area contributed by atoms with E-state index in [2.05, 4.69) is 29.2 Å². The summed E-state index contributed by atoms with van der Waals surface area (Å²) in [6, 6.07) is 8.51. The maximum absolute atomic E-state index is 6.25. The zero-order chi connectivity index (χ0) is 16.8. The molecule has 2 fully saturated rings. The fourth-order valence-corrected chi connectivity index (χ4v) is 3.84. The number of benzene rings is 1. The minimum absolute atomic E-state index is 0. The van der Waals surface area contributed by atoms with Gasteiger partial charge >= 0.3 is 0 Å². The zero-order valence-electron chi connectivity index (χ0n) is 15.1. The highest BCUT2D eigenvalue weighted by Crippen LogP contribution is 2.40. The number of aliphatic imine (C=N–C) groups is 1. The molecule has 1 aromatic rings. The van der Waals surface area contributed by atoms with E-state index in [0.717, 1.165) is 38.6 Å². The normalized spacial score (nSPS) is 20.7. The van der Waals surface area contributed by atoms with Crippen molar-refractivity contribution in [2.75, 3.05) is 40.0 Å². The van der Waals surface area contributed by atoms with Crippen molar-refractivity contribution in [1.29, 1.82) is 0 Å². The van der Waals surface area contributed by atoms with Crippen molar-refractivity contribution in [1.82, 2.24) is 4.90 Å². The number of nitrogens with zero attached hydrogens (tertiary/aromatic N) is 2. The number of hydrogen-bond donors (Lipinski definition) is 1. The van der Waals surface area contributed by atoms with Crippen LogP contribution < -0.4 is 10.5 Å². The minimum atomic E-state index is 0. The van der Waals surface area contributed by atoms with E-state index in [1.807, 2.05) is 0 Å². The molecule has 0 unspecified atom stereocenters. The van der Waals surface area contributed by atoms with Crippen molar-refractivity contribution in [2.45, 2.75) is 37.5 Å². The molecule has 1 aliphatic carbocycles. The van der Waals surface area contributed by atoms with Gasteiger partial charge in [0.15, 0.2) is 5.96 Å². The second-order valence-corrected chi connectivity index (χ2v) is 6.84. The van der Waals surface area contributed by atoms with Crippen LogP contribution in [0.4, 0.5) is 0 Å². The molecular weight excluding hydrogens is 429 g/mol. The number of ether oxygens (including phenoxy) is 2. The molecule has 140 valence electrons. The van der Waals surface area contributed by atoms with Gasteiger partial charge in [-0.2, -0.15) is 0 Å². The van der Waals surface area contributed by atoms with E-state index in [9.17, 15) is 0 Å². The lowest BCUT2D eigenvalue weighted by Crippen LogP contribution is -2.45. The molecule has 1 aliphatic heterocycles. The van der Waals surface area contributed by atoms with E-state index in [0.29, 0.717) is 5.96 Å². The van der Waals surface area contributed by atoms with Crippen molar-refractivity contribution in [2.24, 2.45) is 10.7 Å². The summed E-state index contributed by atoms with van der Waals surface area (Å²) in [4.78, 5) is 6.93. The highest BCUT2D eigenvalue weighted by Gasteiger charge is 2.34. The first-order chi connectivity index (χ1) is 11.7. The number of halogens is 1. The van der Waals surface area contributed by atoms with Crippen LogP contribution in [0.1, 0.15) is 37.7 Å². The number of rotatable bonds is 4. The van der Waals surface area contributed by atoms with Gasteiger partial charge in [-0.25, -0.2) is 0 Å². The van der Waals surface area contributed by atoms with Crippen molar-refractivity contribution >= 4 is 29.9 Å². The van der Waals surface area contributed by atoms with Crippen molar-refractivity contribution in [3.8, 4) is 5.75 Å². The summed E-state index contributed by atoms with van der Waals surface area (Å²) in [5.41, 5.74) is 7.72. The van der Waals surface area contributed by atoms with E-state index in [-0.39, 0.29) is 29.4 Å². The van der Waals surface area contributed by atoms with E-state index in [1.165, 1.54) is 37.7 Å². The van der Waals surface area contributed by atoms with Crippen LogP contribution >= 0.6 is 24.0 Å². The molecule has 5 nitrogen and oxygen atoms in total. The average molecular weight is 459 g/mol. The van der Waals surface area contributed by atoms with Gasteiger partial charge in [-0.05, 0) is 30.5 Å². The smallest absolute Gasteiger partial charge is 0.191 e. The van der Waals surface area contributed by atoms with E-state index in [1.54, 1.807) is 7.11 Å². The van der Waals surface area contributed by atoms with Gasteiger partial charge in [-0.1, -0.05) is 31.4 Å². The van der Waals surface area contributed by atoms with Crippen molar-refractivity contribution in [3.05, 3.63) is 29.8 Å². The lowest BCUT2D eigenvalue weighted by Gasteiger charge is -2.37. The van der Waals surface area contributed by atoms with Gasteiger partial charge in [-0.3, -0.25) is 4.99 Å². The standard InChI is InChI=1S/C19H29N3O2.HI/c1-23-17-7-5-16(6-8-17)19(9-3-2-4-10-19)15-21-18(20)22-11-13-24-14-12-22;/h5-8H,2-4,9-15H2,1H3,(H2,20,21);1H. The third-order valence-electron chi connectivity index (χ3n) is 5.39. The summed E-state index contributed by atoms with van der Waals surface area (Å²) in [6.07, 6.45) is 6.21. The van der Waals surface area contributed by atoms with Crippen LogP contribution in [0.25, 0.3) is 0 Å². The Morgan fingerprint density at radius 1 is 1.16 bits per heavy atom. The molecule has 3 rings (SSSR count). The second-order valence-electron chi connectivity index (χ2n) is 6.84. The molecule has 1 heterocycles. The molecular formula is C19H30IN3O2. The van der Waals surface area contributed by atoms with Crippen LogP contribution in [0.2, 0.25) is 0 Å². The largest absolute Gasteiger partial charge is 0.497 e. The van der Waals surface area contributed by atoms with E-state index >= 15 is 0 Å². The van der Waals surface area contributed by atoms with Crippen LogP contribution in [-0.4, -0.2) is 50.8 Å². The molecule has 0 atom stereocenters. The van der Waals surface area contributed by atoms with Crippen molar-refractivity contribution in [3.63, 3.8) is 0 Å². The van der Waals surface area contributed by atoms with Gasteiger partial charge in [0.25, 0.3) is 0 Å². The van der Waals surface area contributed by atoms with Crippen LogP contribution in [0.3, 0.4) is 0 Å². The maximum Gasteiger partial charge on any atom is 0.191 e. The maximum atomic E-state index is 6.25. The Balaban J connectivity index is 0.00000225. The number of guanidine groups is 1. The summed E-state index contributed by atoms with van der Waals surface area (Å²) in [5, 5.41) is 0. The predicted octanol–water partition coefficient (Wildman–Crippen LogP) is 3.16. The molecule has 1 saturated heterocycles. The van der Waals surface area contributed by atoms with Gasteiger partial charge in [-0.15, -0.1) is 24.0 Å². The number of morpholine rings is 1. The van der Waals surface area contributed by atoms with Crippen molar-refractivity contribution < 1.29 is 9.47 Å². The molecule has 0 aromatic heterocycles. The molecule has 6 heteroatoms. The minimum Gasteiger partial charge on any atom is -0.497 e. The zero-order valence-corrected chi connectivity index (χ0v) is 17.4. The number of methoxy groups -OCH3 is 1. The lowest BCUT2D eigenvalue weighted by molar-refractivity contribution is 0.0673. The molecule has 0 radical (unpaired) electrons. The summed E-state index contributed by atoms with van der Waals surface area (Å²) in [6.45, 7) is 3.91. The molecule has 25 heavy (non-hydrogen) atoms. The molecule has 2 N–H and O–H groups in total. The third kappa shape index (κ3) is 5.00. The van der Waals surface area contributed by atoms with Crippen LogP contribution in [0.15, 0.2) is 29.3 Å². The molecule has 1 aromatic carbocycles. The Morgan fingerprint density at radius 2 is 1.80 bits per heavy atom. The van der Waals surface area contributed by atoms with Crippen LogP contribution in [0, 0.1) is 0 Å². The predicted molar refractivity (Wildman–Crippen MR) is 112 cm³/mol. The molecule has 0 amide bonds. The Bertz CT molecular complexity index is 550. The highest BCUT2D eigenvalue weighted by atomic mass is 127.